The lowest BCUT2D eigenvalue weighted by atomic mass is 10.0. The number of aromatic hydroxyl groups is 1. The zero-order chi connectivity index (χ0) is 28.7. The molecule has 3 aromatic carbocycles. The standard InChI is InChI=1S/C29H34N4O6/c1-29(2,3)39-28(38)32-23(15-16-24(30)35)27(37)33(4)25(19-10-13-22(34)14-11-19)26(36)31-21-12-9-18-7-5-6-8-20(18)17-21/h5-14,17,23,25,34H,15-16H2,1-4H3,(H2,30,35)(H,31,36)(H,32,38). The van der Waals surface area contributed by atoms with E-state index in [0.717, 1.165) is 10.8 Å². The van der Waals surface area contributed by atoms with E-state index in [1.165, 1.54) is 36.2 Å². The molecule has 39 heavy (non-hydrogen) atoms. The number of benzene rings is 3. The SMILES string of the molecule is CN(C(=O)C(CCC(N)=O)NC(=O)OC(C)(C)C)C(C(=O)Nc1ccc2ccccc2c1)c1ccc(O)cc1. The Morgan fingerprint density at radius 1 is 0.974 bits per heavy atom. The van der Waals surface area contributed by atoms with Crippen molar-refractivity contribution < 1.29 is 29.0 Å². The van der Waals surface area contributed by atoms with Crippen molar-refractivity contribution in [2.24, 2.45) is 5.73 Å². The summed E-state index contributed by atoms with van der Waals surface area (Å²) in [6.07, 6.45) is -1.11. The molecule has 4 amide bonds. The van der Waals surface area contributed by atoms with Crippen LogP contribution in [-0.4, -0.2) is 52.5 Å². The molecule has 3 aromatic rings. The molecular formula is C29H34N4O6. The average Bonchev–Trinajstić information content (AvgIpc) is 2.86. The number of nitrogens with two attached hydrogens (primary N) is 1. The molecule has 2 atom stereocenters. The van der Waals surface area contributed by atoms with E-state index in [-0.39, 0.29) is 18.6 Å². The summed E-state index contributed by atoms with van der Waals surface area (Å²) in [6, 6.07) is 16.7. The van der Waals surface area contributed by atoms with Crippen LogP contribution in [0.5, 0.6) is 5.75 Å². The number of rotatable bonds is 9. The predicted molar refractivity (Wildman–Crippen MR) is 148 cm³/mol. The van der Waals surface area contributed by atoms with Crippen molar-refractivity contribution in [3.8, 4) is 5.75 Å². The number of fused-ring (bicyclic) bond motifs is 1. The van der Waals surface area contributed by atoms with Gasteiger partial charge in [-0.15, -0.1) is 0 Å². The molecule has 0 aliphatic carbocycles. The van der Waals surface area contributed by atoms with Crippen molar-refractivity contribution >= 4 is 40.3 Å². The Balaban J connectivity index is 1.91. The largest absolute Gasteiger partial charge is 0.508 e. The number of ether oxygens (including phenoxy) is 1. The molecule has 0 radical (unpaired) electrons. The lowest BCUT2D eigenvalue weighted by Crippen LogP contribution is -2.51. The fourth-order valence-corrected chi connectivity index (χ4v) is 4.05. The van der Waals surface area contributed by atoms with Gasteiger partial charge in [0.2, 0.25) is 11.8 Å². The van der Waals surface area contributed by atoms with E-state index in [9.17, 15) is 24.3 Å². The third kappa shape index (κ3) is 8.19. The Labute approximate surface area is 227 Å². The first-order valence-corrected chi connectivity index (χ1v) is 12.5. The summed E-state index contributed by atoms with van der Waals surface area (Å²) in [7, 11) is 1.42. The van der Waals surface area contributed by atoms with Gasteiger partial charge >= 0.3 is 6.09 Å². The Hall–Kier alpha value is -4.60. The number of nitrogens with zero attached hydrogens (tertiary/aromatic N) is 1. The van der Waals surface area contributed by atoms with Crippen molar-refractivity contribution in [3.63, 3.8) is 0 Å². The van der Waals surface area contributed by atoms with Crippen molar-refractivity contribution in [1.82, 2.24) is 10.2 Å². The van der Waals surface area contributed by atoms with Gasteiger partial charge in [-0.1, -0.05) is 42.5 Å². The molecule has 206 valence electrons. The molecule has 5 N–H and O–H groups in total. The van der Waals surface area contributed by atoms with Crippen molar-refractivity contribution in [1.29, 1.82) is 0 Å². The topological polar surface area (TPSA) is 151 Å². The maximum Gasteiger partial charge on any atom is 0.408 e. The number of carbonyl (C=O) groups is 4. The van der Waals surface area contributed by atoms with Crippen molar-refractivity contribution in [3.05, 3.63) is 72.3 Å². The van der Waals surface area contributed by atoms with Gasteiger partial charge in [-0.3, -0.25) is 14.4 Å². The number of primary amides is 1. The van der Waals surface area contributed by atoms with Crippen molar-refractivity contribution in [2.45, 2.75) is 51.3 Å². The van der Waals surface area contributed by atoms with Gasteiger partial charge in [0.05, 0.1) is 0 Å². The first-order chi connectivity index (χ1) is 18.3. The smallest absolute Gasteiger partial charge is 0.408 e. The lowest BCUT2D eigenvalue weighted by molar-refractivity contribution is -0.139. The van der Waals surface area contributed by atoms with Gasteiger partial charge in [0.25, 0.3) is 5.91 Å². The number of amides is 4. The average molecular weight is 535 g/mol. The summed E-state index contributed by atoms with van der Waals surface area (Å²) in [4.78, 5) is 52.4. The van der Waals surface area contributed by atoms with Gasteiger partial charge in [0, 0.05) is 19.2 Å². The Kier molecular flexibility index (Phi) is 9.13. The first-order valence-electron chi connectivity index (χ1n) is 12.5. The minimum Gasteiger partial charge on any atom is -0.508 e. The van der Waals surface area contributed by atoms with Crippen LogP contribution in [0.25, 0.3) is 10.8 Å². The van der Waals surface area contributed by atoms with Gasteiger partial charge in [-0.2, -0.15) is 0 Å². The number of nitrogens with one attached hydrogen (secondary N) is 2. The van der Waals surface area contributed by atoms with E-state index >= 15 is 0 Å². The lowest BCUT2D eigenvalue weighted by Gasteiger charge is -2.31. The van der Waals surface area contributed by atoms with Crippen LogP contribution in [0, 0.1) is 0 Å². The van der Waals surface area contributed by atoms with Gasteiger partial charge in [-0.25, -0.2) is 4.79 Å². The highest BCUT2D eigenvalue weighted by Gasteiger charge is 2.34. The zero-order valence-electron chi connectivity index (χ0n) is 22.4. The monoisotopic (exact) mass is 534 g/mol. The van der Waals surface area contributed by atoms with E-state index in [4.69, 9.17) is 10.5 Å². The Morgan fingerprint density at radius 2 is 1.62 bits per heavy atom. The molecule has 0 bridgehead atoms. The normalized spacial score (nSPS) is 12.7. The highest BCUT2D eigenvalue weighted by Crippen LogP contribution is 2.26. The second-order valence-electron chi connectivity index (χ2n) is 10.2. The molecule has 0 fully saturated rings. The van der Waals surface area contributed by atoms with Gasteiger partial charge < -0.3 is 31.1 Å². The number of anilines is 1. The van der Waals surface area contributed by atoms with Crippen LogP contribution >= 0.6 is 0 Å². The van der Waals surface area contributed by atoms with E-state index in [1.54, 1.807) is 26.8 Å². The fourth-order valence-electron chi connectivity index (χ4n) is 4.05. The van der Waals surface area contributed by atoms with Crippen LogP contribution in [0.3, 0.4) is 0 Å². The second kappa shape index (κ2) is 12.3. The van der Waals surface area contributed by atoms with Gasteiger partial charge in [0.1, 0.15) is 23.4 Å². The molecule has 3 rings (SSSR count). The van der Waals surface area contributed by atoms with E-state index in [2.05, 4.69) is 10.6 Å². The molecule has 10 nitrogen and oxygen atoms in total. The quantitative estimate of drug-likeness (QED) is 0.327. The minimum absolute atomic E-state index is 0.00709. The van der Waals surface area contributed by atoms with E-state index in [1.807, 2.05) is 36.4 Å². The van der Waals surface area contributed by atoms with Gasteiger partial charge in [0.15, 0.2) is 0 Å². The number of alkyl carbamates (subject to hydrolysis) is 1. The third-order valence-corrected chi connectivity index (χ3v) is 5.88. The zero-order valence-corrected chi connectivity index (χ0v) is 22.4. The van der Waals surface area contributed by atoms with Crippen LogP contribution in [0.1, 0.15) is 45.2 Å². The molecule has 0 aliphatic rings. The molecule has 2 unspecified atom stereocenters. The highest BCUT2D eigenvalue weighted by molar-refractivity contribution is 6.00. The molecular weight excluding hydrogens is 500 g/mol. The molecule has 0 spiro atoms. The predicted octanol–water partition coefficient (Wildman–Crippen LogP) is 3.84. The molecule has 0 heterocycles. The molecule has 0 aromatic heterocycles. The maximum atomic E-state index is 13.6. The Morgan fingerprint density at radius 3 is 2.23 bits per heavy atom. The summed E-state index contributed by atoms with van der Waals surface area (Å²) < 4.78 is 5.28. The van der Waals surface area contributed by atoms with Crippen LogP contribution in [0.15, 0.2) is 66.7 Å². The maximum absolute atomic E-state index is 13.6. The summed E-state index contributed by atoms with van der Waals surface area (Å²) >= 11 is 0. The first kappa shape index (κ1) is 29.0. The van der Waals surface area contributed by atoms with Crippen LogP contribution in [0.4, 0.5) is 10.5 Å². The third-order valence-electron chi connectivity index (χ3n) is 5.88. The highest BCUT2D eigenvalue weighted by atomic mass is 16.6. The number of carbonyl (C=O) groups excluding carboxylic acids is 4. The minimum atomic E-state index is -1.19. The van der Waals surface area contributed by atoms with E-state index in [0.29, 0.717) is 11.3 Å². The second-order valence-corrected chi connectivity index (χ2v) is 10.2. The summed E-state index contributed by atoms with van der Waals surface area (Å²) in [5.41, 5.74) is 5.43. The molecule has 10 heteroatoms. The number of phenolic OH excluding ortho intramolecular Hbond substituents is 1. The van der Waals surface area contributed by atoms with Crippen LogP contribution in [0.2, 0.25) is 0 Å². The van der Waals surface area contributed by atoms with Gasteiger partial charge in [-0.05, 0) is 67.8 Å². The molecule has 0 aliphatic heterocycles. The van der Waals surface area contributed by atoms with Crippen LogP contribution in [-0.2, 0) is 19.1 Å². The molecule has 0 saturated carbocycles. The summed E-state index contributed by atoms with van der Waals surface area (Å²) in [6.45, 7) is 5.03. The van der Waals surface area contributed by atoms with Crippen LogP contribution < -0.4 is 16.4 Å². The number of phenols is 1. The Bertz CT molecular complexity index is 1350. The summed E-state index contributed by atoms with van der Waals surface area (Å²) in [5, 5.41) is 17.1. The number of hydrogen-bond acceptors (Lipinski definition) is 6. The molecule has 0 saturated heterocycles. The van der Waals surface area contributed by atoms with Crippen molar-refractivity contribution in [2.75, 3.05) is 12.4 Å². The van der Waals surface area contributed by atoms with E-state index < -0.39 is 41.5 Å². The number of hydrogen-bond donors (Lipinski definition) is 4. The summed E-state index contributed by atoms with van der Waals surface area (Å²) in [5.74, 6) is -1.80. The fraction of sp³-hybridized carbons (Fsp3) is 0.310. The number of likely N-dealkylation sites (N-methyl/N-ethyl adjacent to an activating group) is 1.